The van der Waals surface area contributed by atoms with Crippen molar-refractivity contribution in [3.63, 3.8) is 0 Å². The van der Waals surface area contributed by atoms with Crippen molar-refractivity contribution in [3.8, 4) is 5.75 Å². The molecule has 20 heavy (non-hydrogen) atoms. The van der Waals surface area contributed by atoms with Crippen molar-refractivity contribution in [2.24, 2.45) is 5.92 Å². The van der Waals surface area contributed by atoms with E-state index in [1.54, 1.807) is 0 Å². The Bertz CT molecular complexity index is 616. The number of aliphatic hydroxyl groups is 1. The van der Waals surface area contributed by atoms with Gasteiger partial charge in [-0.3, -0.25) is 0 Å². The van der Waals surface area contributed by atoms with Gasteiger partial charge in [0, 0.05) is 5.56 Å². The molecule has 0 amide bonds. The number of hydrogen-bond donors (Lipinski definition) is 1. The van der Waals surface area contributed by atoms with Crippen LogP contribution in [0.25, 0.3) is 0 Å². The lowest BCUT2D eigenvalue weighted by molar-refractivity contribution is -0.0777. The van der Waals surface area contributed by atoms with Gasteiger partial charge in [-0.25, -0.2) is 0 Å². The van der Waals surface area contributed by atoms with Gasteiger partial charge in [-0.1, -0.05) is 61.9 Å². The fraction of sp³-hybridized carbons (Fsp3) is 0.333. The minimum Gasteiger partial charge on any atom is -0.482 e. The normalized spacial score (nSPS) is 24.6. The van der Waals surface area contributed by atoms with Gasteiger partial charge in [-0.05, 0) is 24.5 Å². The molecular weight excluding hydrogens is 248 g/mol. The smallest absolute Gasteiger partial charge is 0.157 e. The molecule has 0 spiro atoms. The number of hydrogen-bond acceptors (Lipinski definition) is 2. The third-order valence-corrected chi connectivity index (χ3v) is 4.22. The van der Waals surface area contributed by atoms with E-state index in [1.165, 1.54) is 5.56 Å². The third kappa shape index (κ3) is 1.83. The minimum atomic E-state index is -0.980. The third-order valence-electron chi connectivity index (χ3n) is 4.22. The molecule has 0 fully saturated rings. The molecule has 2 nitrogen and oxygen atoms in total. The summed E-state index contributed by atoms with van der Waals surface area (Å²) in [6, 6.07) is 16.0. The van der Waals surface area contributed by atoms with Crippen molar-refractivity contribution in [2.45, 2.75) is 32.5 Å². The van der Waals surface area contributed by atoms with E-state index in [0.29, 0.717) is 0 Å². The molecule has 0 radical (unpaired) electrons. The van der Waals surface area contributed by atoms with Crippen molar-refractivity contribution in [1.29, 1.82) is 0 Å². The van der Waals surface area contributed by atoms with Crippen LogP contribution in [0.15, 0.2) is 48.5 Å². The number of para-hydroxylation sites is 1. The molecule has 104 valence electrons. The van der Waals surface area contributed by atoms with E-state index in [4.69, 9.17) is 4.74 Å². The first kappa shape index (κ1) is 13.2. The van der Waals surface area contributed by atoms with Gasteiger partial charge >= 0.3 is 0 Å². The highest BCUT2D eigenvalue weighted by molar-refractivity contribution is 5.46. The quantitative estimate of drug-likeness (QED) is 0.893. The summed E-state index contributed by atoms with van der Waals surface area (Å²) in [6.07, 6.45) is -0.347. The minimum absolute atomic E-state index is 0.0671. The predicted molar refractivity (Wildman–Crippen MR) is 79.7 cm³/mol. The van der Waals surface area contributed by atoms with Gasteiger partial charge in [0.15, 0.2) is 6.10 Å². The molecule has 0 aromatic heterocycles. The largest absolute Gasteiger partial charge is 0.482 e. The molecule has 1 N–H and O–H groups in total. The maximum atomic E-state index is 11.3. The Morgan fingerprint density at radius 1 is 1.05 bits per heavy atom. The van der Waals surface area contributed by atoms with Crippen molar-refractivity contribution >= 4 is 0 Å². The molecule has 2 aromatic carbocycles. The summed E-state index contributed by atoms with van der Waals surface area (Å²) in [5.74, 6) is 0.853. The highest BCUT2D eigenvalue weighted by atomic mass is 16.5. The topological polar surface area (TPSA) is 29.5 Å². The van der Waals surface area contributed by atoms with Crippen LogP contribution in [0.2, 0.25) is 0 Å². The van der Waals surface area contributed by atoms with Gasteiger partial charge < -0.3 is 9.84 Å². The van der Waals surface area contributed by atoms with E-state index in [-0.39, 0.29) is 12.0 Å². The molecule has 0 saturated carbocycles. The molecule has 1 heterocycles. The average Bonchev–Trinajstić information content (AvgIpc) is 2.75. The van der Waals surface area contributed by atoms with Gasteiger partial charge in [0.2, 0.25) is 0 Å². The molecule has 1 aliphatic rings. The molecule has 2 heteroatoms. The summed E-state index contributed by atoms with van der Waals surface area (Å²) < 4.78 is 6.06. The van der Waals surface area contributed by atoms with E-state index in [9.17, 15) is 5.11 Å². The van der Waals surface area contributed by atoms with Crippen molar-refractivity contribution < 1.29 is 9.84 Å². The van der Waals surface area contributed by atoms with Crippen LogP contribution in [-0.4, -0.2) is 5.11 Å². The van der Waals surface area contributed by atoms with Gasteiger partial charge in [-0.2, -0.15) is 0 Å². The first-order valence-corrected chi connectivity index (χ1v) is 7.08. The summed E-state index contributed by atoms with van der Waals surface area (Å²) in [7, 11) is 0. The molecule has 2 atom stereocenters. The van der Waals surface area contributed by atoms with Gasteiger partial charge in [0.1, 0.15) is 11.4 Å². The SMILES string of the molecule is Cc1ccc([C@H]2Oc3ccccc3[C@@]2(O)C(C)C)cc1. The maximum Gasteiger partial charge on any atom is 0.157 e. The number of ether oxygens (including phenoxy) is 1. The molecule has 0 aliphatic carbocycles. The molecule has 3 rings (SSSR count). The summed E-state index contributed by atoms with van der Waals surface area (Å²) in [4.78, 5) is 0. The first-order valence-electron chi connectivity index (χ1n) is 7.08. The Labute approximate surface area is 120 Å². The highest BCUT2D eigenvalue weighted by Gasteiger charge is 2.50. The second-order valence-corrected chi connectivity index (χ2v) is 5.88. The van der Waals surface area contributed by atoms with Crippen LogP contribution in [0.1, 0.15) is 36.6 Å². The number of rotatable bonds is 2. The standard InChI is InChI=1S/C18H20O2/c1-12(2)18(19)15-6-4-5-7-16(15)20-17(18)14-10-8-13(3)9-11-14/h4-12,17,19H,1-3H3/t17-,18+/m1/s1. The molecular formula is C18H20O2. The summed E-state index contributed by atoms with van der Waals surface area (Å²) in [6.45, 7) is 6.13. The molecule has 0 bridgehead atoms. The average molecular weight is 268 g/mol. The zero-order chi connectivity index (χ0) is 14.3. The fourth-order valence-corrected chi connectivity index (χ4v) is 2.94. The van der Waals surface area contributed by atoms with Crippen LogP contribution in [-0.2, 0) is 5.60 Å². The van der Waals surface area contributed by atoms with E-state index in [0.717, 1.165) is 16.9 Å². The highest BCUT2D eigenvalue weighted by Crippen LogP contribution is 2.52. The van der Waals surface area contributed by atoms with Crippen LogP contribution < -0.4 is 4.74 Å². The lowest BCUT2D eigenvalue weighted by Crippen LogP contribution is -2.36. The maximum absolute atomic E-state index is 11.3. The number of aryl methyl sites for hydroxylation is 1. The Balaban J connectivity index is 2.11. The van der Waals surface area contributed by atoms with Gasteiger partial charge in [0.25, 0.3) is 0 Å². The van der Waals surface area contributed by atoms with E-state index in [1.807, 2.05) is 50.2 Å². The van der Waals surface area contributed by atoms with Crippen molar-refractivity contribution in [1.82, 2.24) is 0 Å². The molecule has 2 aromatic rings. The Kier molecular flexibility index (Phi) is 3.06. The zero-order valence-electron chi connectivity index (χ0n) is 12.1. The summed E-state index contributed by atoms with van der Waals surface area (Å²) in [5.41, 5.74) is 2.13. The van der Waals surface area contributed by atoms with Crippen LogP contribution in [0.4, 0.5) is 0 Å². The molecule has 0 unspecified atom stereocenters. The van der Waals surface area contributed by atoms with Crippen molar-refractivity contribution in [2.75, 3.05) is 0 Å². The number of benzene rings is 2. The lowest BCUT2D eigenvalue weighted by atomic mass is 9.78. The summed E-state index contributed by atoms with van der Waals surface area (Å²) >= 11 is 0. The van der Waals surface area contributed by atoms with Crippen LogP contribution >= 0.6 is 0 Å². The zero-order valence-corrected chi connectivity index (χ0v) is 12.1. The second kappa shape index (κ2) is 4.64. The Hall–Kier alpha value is -1.80. The first-order chi connectivity index (χ1) is 9.53. The van der Waals surface area contributed by atoms with Gasteiger partial charge in [-0.15, -0.1) is 0 Å². The molecule has 0 saturated heterocycles. The Morgan fingerprint density at radius 2 is 1.70 bits per heavy atom. The van der Waals surface area contributed by atoms with Crippen LogP contribution in [0.3, 0.4) is 0 Å². The van der Waals surface area contributed by atoms with Gasteiger partial charge in [0.05, 0.1) is 0 Å². The van der Waals surface area contributed by atoms with Crippen molar-refractivity contribution in [3.05, 3.63) is 65.2 Å². The molecule has 1 aliphatic heterocycles. The number of fused-ring (bicyclic) bond motifs is 1. The Morgan fingerprint density at radius 3 is 2.35 bits per heavy atom. The van der Waals surface area contributed by atoms with E-state index < -0.39 is 5.60 Å². The van der Waals surface area contributed by atoms with Crippen LogP contribution in [0.5, 0.6) is 5.75 Å². The predicted octanol–water partition coefficient (Wildman–Crippen LogP) is 3.97. The van der Waals surface area contributed by atoms with E-state index in [2.05, 4.69) is 19.1 Å². The monoisotopic (exact) mass is 268 g/mol. The van der Waals surface area contributed by atoms with E-state index >= 15 is 0 Å². The second-order valence-electron chi connectivity index (χ2n) is 5.88. The summed E-state index contributed by atoms with van der Waals surface area (Å²) in [5, 5.41) is 11.3. The fourth-order valence-electron chi connectivity index (χ4n) is 2.94. The van der Waals surface area contributed by atoms with Crippen LogP contribution in [0, 0.1) is 12.8 Å². The lowest BCUT2D eigenvalue weighted by Gasteiger charge is -2.33.